The summed E-state index contributed by atoms with van der Waals surface area (Å²) in [6.07, 6.45) is 1.38. The molecule has 0 saturated carbocycles. The first-order valence-corrected chi connectivity index (χ1v) is 15.0. The number of benzene rings is 3. The van der Waals surface area contributed by atoms with E-state index in [1.54, 1.807) is 6.07 Å². The molecule has 3 rings (SSSR count). The van der Waals surface area contributed by atoms with Crippen molar-refractivity contribution in [2.75, 3.05) is 23.7 Å². The van der Waals surface area contributed by atoms with Crippen LogP contribution in [-0.2, 0) is 32.6 Å². The first-order valence-electron chi connectivity index (χ1n) is 12.4. The molecule has 1 atom stereocenters. The summed E-state index contributed by atoms with van der Waals surface area (Å²) >= 11 is 3.43. The Hall–Kier alpha value is -3.17. The zero-order chi connectivity index (χ0) is 27.9. The summed E-state index contributed by atoms with van der Waals surface area (Å²) in [5, 5.41) is 2.86. The van der Waals surface area contributed by atoms with Gasteiger partial charge in [0.15, 0.2) is 0 Å². The summed E-state index contributed by atoms with van der Waals surface area (Å²) in [5.74, 6) is -0.758. The van der Waals surface area contributed by atoms with Gasteiger partial charge in [-0.3, -0.25) is 13.9 Å². The Morgan fingerprint density at radius 2 is 1.61 bits per heavy atom. The molecule has 0 aliphatic carbocycles. The van der Waals surface area contributed by atoms with Crippen LogP contribution in [0.15, 0.2) is 77.3 Å². The summed E-state index contributed by atoms with van der Waals surface area (Å²) in [4.78, 5) is 28.8. The predicted molar refractivity (Wildman–Crippen MR) is 155 cm³/mol. The quantitative estimate of drug-likeness (QED) is 0.349. The van der Waals surface area contributed by atoms with Crippen molar-refractivity contribution in [2.24, 2.45) is 0 Å². The normalized spacial score (nSPS) is 12.0. The molecule has 0 bridgehead atoms. The van der Waals surface area contributed by atoms with E-state index in [2.05, 4.69) is 21.2 Å². The van der Waals surface area contributed by atoms with Crippen molar-refractivity contribution in [3.63, 3.8) is 0 Å². The fraction of sp³-hybridized carbons (Fsp3) is 0.310. The number of nitrogens with one attached hydrogen (secondary N) is 1. The molecule has 0 spiro atoms. The molecule has 0 unspecified atom stereocenters. The zero-order valence-electron chi connectivity index (χ0n) is 22.1. The smallest absolute Gasteiger partial charge is 0.244 e. The van der Waals surface area contributed by atoms with E-state index >= 15 is 0 Å². The third kappa shape index (κ3) is 7.91. The molecular weight excluding hydrogens is 566 g/mol. The maximum absolute atomic E-state index is 14.0. The van der Waals surface area contributed by atoms with E-state index in [1.165, 1.54) is 4.90 Å². The second kappa shape index (κ2) is 13.1. The average molecular weight is 601 g/mol. The minimum absolute atomic E-state index is 0.144. The number of rotatable bonds is 11. The zero-order valence-corrected chi connectivity index (χ0v) is 24.6. The van der Waals surface area contributed by atoms with Crippen LogP contribution in [0.1, 0.15) is 29.2 Å². The Bertz CT molecular complexity index is 1360. The Labute approximate surface area is 234 Å². The fourth-order valence-corrected chi connectivity index (χ4v) is 5.38. The van der Waals surface area contributed by atoms with Gasteiger partial charge in [0.1, 0.15) is 12.6 Å². The van der Waals surface area contributed by atoms with Gasteiger partial charge < -0.3 is 10.2 Å². The largest absolute Gasteiger partial charge is 0.355 e. The van der Waals surface area contributed by atoms with Gasteiger partial charge in [0.25, 0.3) is 0 Å². The number of anilines is 1. The van der Waals surface area contributed by atoms with E-state index in [9.17, 15) is 18.0 Å². The van der Waals surface area contributed by atoms with Crippen LogP contribution in [-0.4, -0.2) is 50.5 Å². The third-order valence-corrected chi connectivity index (χ3v) is 7.86. The molecule has 2 amide bonds. The topological polar surface area (TPSA) is 86.8 Å². The highest BCUT2D eigenvalue weighted by Gasteiger charge is 2.33. The maximum Gasteiger partial charge on any atom is 0.244 e. The highest BCUT2D eigenvalue weighted by molar-refractivity contribution is 9.10. The highest BCUT2D eigenvalue weighted by Crippen LogP contribution is 2.25. The molecule has 1 N–H and O–H groups in total. The number of hydrogen-bond acceptors (Lipinski definition) is 4. The van der Waals surface area contributed by atoms with E-state index in [-0.39, 0.29) is 18.9 Å². The Kier molecular flexibility index (Phi) is 10.1. The average Bonchev–Trinajstić information content (AvgIpc) is 2.87. The van der Waals surface area contributed by atoms with Gasteiger partial charge in [0.05, 0.1) is 11.9 Å². The van der Waals surface area contributed by atoms with Gasteiger partial charge in [-0.15, -0.1) is 0 Å². The number of aryl methyl sites for hydroxylation is 2. The van der Waals surface area contributed by atoms with E-state index in [1.807, 2.05) is 87.5 Å². The van der Waals surface area contributed by atoms with Gasteiger partial charge >= 0.3 is 0 Å². The molecule has 3 aromatic rings. The first kappa shape index (κ1) is 29.4. The SMILES string of the molecule is CCNC(=O)[C@@H](Cc1ccccc1)N(Cc1ccc(Br)cc1)C(=O)CN(c1cc(C)ccc1C)S(C)(=O)=O. The lowest BCUT2D eigenvalue weighted by atomic mass is 10.0. The predicted octanol–water partition coefficient (Wildman–Crippen LogP) is 4.61. The summed E-state index contributed by atoms with van der Waals surface area (Å²) in [5.41, 5.74) is 3.77. The lowest BCUT2D eigenvalue weighted by molar-refractivity contribution is -0.140. The summed E-state index contributed by atoms with van der Waals surface area (Å²) in [7, 11) is -3.80. The Balaban J connectivity index is 2.06. The van der Waals surface area contributed by atoms with Crippen LogP contribution in [0.4, 0.5) is 5.69 Å². The molecule has 0 fully saturated rings. The second-order valence-electron chi connectivity index (χ2n) is 9.31. The van der Waals surface area contributed by atoms with Crippen LogP contribution in [0.2, 0.25) is 0 Å². The first-order chi connectivity index (χ1) is 18.0. The number of amides is 2. The van der Waals surface area contributed by atoms with E-state index < -0.39 is 28.5 Å². The van der Waals surface area contributed by atoms with Crippen LogP contribution in [0.5, 0.6) is 0 Å². The summed E-state index contributed by atoms with van der Waals surface area (Å²) in [6, 6.07) is 21.6. The van der Waals surface area contributed by atoms with Gasteiger partial charge in [0, 0.05) is 24.0 Å². The number of nitrogens with zero attached hydrogens (tertiary/aromatic N) is 2. The molecule has 0 aliphatic rings. The van der Waals surface area contributed by atoms with Gasteiger partial charge in [0.2, 0.25) is 21.8 Å². The number of carbonyl (C=O) groups is 2. The molecule has 0 aliphatic heterocycles. The molecule has 0 saturated heterocycles. The number of sulfonamides is 1. The molecule has 0 radical (unpaired) electrons. The molecule has 38 heavy (non-hydrogen) atoms. The van der Waals surface area contributed by atoms with Crippen LogP contribution >= 0.6 is 15.9 Å². The third-order valence-electron chi connectivity index (χ3n) is 6.20. The van der Waals surface area contributed by atoms with Crippen LogP contribution in [0.3, 0.4) is 0 Å². The highest BCUT2D eigenvalue weighted by atomic mass is 79.9. The number of likely N-dealkylation sites (N-methyl/N-ethyl adjacent to an activating group) is 1. The Morgan fingerprint density at radius 3 is 2.21 bits per heavy atom. The van der Waals surface area contributed by atoms with Crippen molar-refractivity contribution in [3.05, 3.63) is 99.5 Å². The standard InChI is InChI=1S/C29H34BrN3O4S/c1-5-31-29(35)27(18-23-9-7-6-8-10-23)32(19-24-13-15-25(30)16-14-24)28(34)20-33(38(4,36)37)26-17-21(2)11-12-22(26)3/h6-17,27H,5,18-20H2,1-4H3,(H,31,35)/t27-/m1/s1. The molecule has 7 nitrogen and oxygen atoms in total. The number of hydrogen-bond donors (Lipinski definition) is 1. The van der Waals surface area contributed by atoms with Crippen molar-refractivity contribution in [2.45, 2.75) is 39.8 Å². The Morgan fingerprint density at radius 1 is 0.947 bits per heavy atom. The van der Waals surface area contributed by atoms with E-state index in [0.717, 1.165) is 37.3 Å². The maximum atomic E-state index is 14.0. The van der Waals surface area contributed by atoms with Crippen molar-refractivity contribution in [1.29, 1.82) is 0 Å². The van der Waals surface area contributed by atoms with Crippen molar-refractivity contribution in [3.8, 4) is 0 Å². The van der Waals surface area contributed by atoms with Crippen molar-refractivity contribution in [1.82, 2.24) is 10.2 Å². The monoisotopic (exact) mass is 599 g/mol. The second-order valence-corrected chi connectivity index (χ2v) is 12.1. The molecule has 0 aromatic heterocycles. The molecule has 202 valence electrons. The van der Waals surface area contributed by atoms with E-state index in [4.69, 9.17) is 0 Å². The van der Waals surface area contributed by atoms with Crippen LogP contribution in [0.25, 0.3) is 0 Å². The van der Waals surface area contributed by atoms with Crippen molar-refractivity contribution >= 4 is 43.5 Å². The summed E-state index contributed by atoms with van der Waals surface area (Å²) < 4.78 is 27.9. The number of halogens is 1. The molecular formula is C29H34BrN3O4S. The van der Waals surface area contributed by atoms with Crippen LogP contribution < -0.4 is 9.62 Å². The van der Waals surface area contributed by atoms with Gasteiger partial charge in [-0.1, -0.05) is 70.5 Å². The van der Waals surface area contributed by atoms with E-state index in [0.29, 0.717) is 12.2 Å². The van der Waals surface area contributed by atoms with Gasteiger partial charge in [-0.2, -0.15) is 0 Å². The lowest BCUT2D eigenvalue weighted by Crippen LogP contribution is -2.53. The number of carbonyl (C=O) groups excluding carboxylic acids is 2. The van der Waals surface area contributed by atoms with Crippen molar-refractivity contribution < 1.29 is 18.0 Å². The minimum atomic E-state index is -3.80. The molecule has 3 aromatic carbocycles. The van der Waals surface area contributed by atoms with Gasteiger partial charge in [-0.05, 0) is 61.2 Å². The minimum Gasteiger partial charge on any atom is -0.355 e. The van der Waals surface area contributed by atoms with Gasteiger partial charge in [-0.25, -0.2) is 8.42 Å². The van der Waals surface area contributed by atoms with Crippen LogP contribution in [0, 0.1) is 13.8 Å². The lowest BCUT2D eigenvalue weighted by Gasteiger charge is -2.33. The fourth-order valence-electron chi connectivity index (χ4n) is 4.22. The summed E-state index contributed by atoms with van der Waals surface area (Å²) in [6.45, 7) is 5.63. The molecule has 9 heteroatoms. The molecule has 0 heterocycles.